The molecule has 116 valence electrons. The first-order valence-corrected chi connectivity index (χ1v) is 7.00. The molecule has 0 aromatic rings. The lowest BCUT2D eigenvalue weighted by atomic mass is 9.95. The van der Waals surface area contributed by atoms with Crippen LogP contribution in [0.3, 0.4) is 0 Å². The Hall–Kier alpha value is -1.98. The molecule has 1 heterocycles. The van der Waals surface area contributed by atoms with Crippen molar-refractivity contribution in [1.82, 2.24) is 4.90 Å². The Balaban J connectivity index is 2.07. The van der Waals surface area contributed by atoms with E-state index in [2.05, 4.69) is 0 Å². The number of carboxylic acid groups (broad SMARTS) is 1. The van der Waals surface area contributed by atoms with Crippen molar-refractivity contribution in [3.63, 3.8) is 0 Å². The number of aliphatic carboxylic acids is 1. The molecule has 0 saturated heterocycles. The minimum atomic E-state index is -0.866. The van der Waals surface area contributed by atoms with Gasteiger partial charge in [-0.05, 0) is 20.8 Å². The van der Waals surface area contributed by atoms with Gasteiger partial charge in [0.05, 0.1) is 19.0 Å². The minimum absolute atomic E-state index is 0.337. The summed E-state index contributed by atoms with van der Waals surface area (Å²) < 4.78 is 11.0. The van der Waals surface area contributed by atoms with Crippen LogP contribution >= 0.6 is 0 Å². The highest BCUT2D eigenvalue weighted by molar-refractivity contribution is 5.73. The van der Waals surface area contributed by atoms with Gasteiger partial charge in [-0.1, -0.05) is 12.2 Å². The molecule has 0 radical (unpaired) electrons. The molecule has 6 nitrogen and oxygen atoms in total. The van der Waals surface area contributed by atoms with Crippen molar-refractivity contribution in [3.8, 4) is 0 Å². The third-order valence-corrected chi connectivity index (χ3v) is 3.26. The fraction of sp³-hybridized carbons (Fsp3) is 0.600. The van der Waals surface area contributed by atoms with Crippen molar-refractivity contribution in [3.05, 3.63) is 23.5 Å². The van der Waals surface area contributed by atoms with Gasteiger partial charge in [-0.3, -0.25) is 4.79 Å². The second-order valence-corrected chi connectivity index (χ2v) is 6.21. The summed E-state index contributed by atoms with van der Waals surface area (Å²) in [6.07, 6.45) is 3.33. The number of nitrogens with zero attached hydrogens (tertiary/aromatic N) is 1. The first kappa shape index (κ1) is 15.4. The van der Waals surface area contributed by atoms with E-state index in [1.807, 2.05) is 20.8 Å². The number of hydrogen-bond donors (Lipinski definition) is 1. The van der Waals surface area contributed by atoms with Crippen molar-refractivity contribution in [2.75, 3.05) is 19.7 Å². The van der Waals surface area contributed by atoms with Gasteiger partial charge in [0.25, 0.3) is 0 Å². The van der Waals surface area contributed by atoms with E-state index in [9.17, 15) is 9.59 Å². The molecule has 1 amide bonds. The Bertz CT molecular complexity index is 501. The molecule has 2 aliphatic rings. The summed E-state index contributed by atoms with van der Waals surface area (Å²) in [7, 11) is 0. The van der Waals surface area contributed by atoms with E-state index < -0.39 is 17.5 Å². The Morgan fingerprint density at radius 1 is 1.43 bits per heavy atom. The molecule has 0 aromatic carbocycles. The molecule has 0 aromatic heterocycles. The van der Waals surface area contributed by atoms with Gasteiger partial charge in [-0.2, -0.15) is 0 Å². The second-order valence-electron chi connectivity index (χ2n) is 6.21. The van der Waals surface area contributed by atoms with Gasteiger partial charge in [-0.25, -0.2) is 4.79 Å². The SMILES string of the molecule is CC(C)(C)OC(=O)N1CCOC2=C(C=C[C@@H](C(=O)O)C2)C1. The summed E-state index contributed by atoms with van der Waals surface area (Å²) in [5, 5.41) is 9.05. The van der Waals surface area contributed by atoms with Crippen LogP contribution in [0.4, 0.5) is 4.79 Å². The van der Waals surface area contributed by atoms with E-state index in [0.29, 0.717) is 31.9 Å². The molecule has 0 fully saturated rings. The molecular weight excluding hydrogens is 274 g/mol. The Labute approximate surface area is 124 Å². The first-order valence-electron chi connectivity index (χ1n) is 7.00. The third-order valence-electron chi connectivity index (χ3n) is 3.26. The summed E-state index contributed by atoms with van der Waals surface area (Å²) in [6.45, 7) is 6.62. The lowest BCUT2D eigenvalue weighted by Crippen LogP contribution is -2.38. The fourth-order valence-corrected chi connectivity index (χ4v) is 2.23. The predicted molar refractivity (Wildman–Crippen MR) is 75.7 cm³/mol. The van der Waals surface area contributed by atoms with Crippen LogP contribution in [0.1, 0.15) is 27.2 Å². The minimum Gasteiger partial charge on any atom is -0.496 e. The Morgan fingerprint density at radius 2 is 2.14 bits per heavy atom. The number of carbonyl (C=O) groups is 2. The van der Waals surface area contributed by atoms with Crippen molar-refractivity contribution in [2.45, 2.75) is 32.8 Å². The largest absolute Gasteiger partial charge is 0.496 e. The van der Waals surface area contributed by atoms with Crippen LogP contribution in [0.25, 0.3) is 0 Å². The van der Waals surface area contributed by atoms with E-state index in [1.54, 1.807) is 17.1 Å². The van der Waals surface area contributed by atoms with Gasteiger partial charge >= 0.3 is 12.1 Å². The topological polar surface area (TPSA) is 76.1 Å². The van der Waals surface area contributed by atoms with Crippen molar-refractivity contribution >= 4 is 12.1 Å². The first-order chi connectivity index (χ1) is 9.76. The van der Waals surface area contributed by atoms with Crippen molar-refractivity contribution < 1.29 is 24.2 Å². The molecule has 1 N–H and O–H groups in total. The van der Waals surface area contributed by atoms with Crippen LogP contribution < -0.4 is 0 Å². The van der Waals surface area contributed by atoms with E-state index >= 15 is 0 Å². The number of carboxylic acids is 1. The number of amides is 1. The van der Waals surface area contributed by atoms with Gasteiger partial charge in [0.1, 0.15) is 18.0 Å². The van der Waals surface area contributed by atoms with E-state index in [1.165, 1.54) is 0 Å². The zero-order valence-corrected chi connectivity index (χ0v) is 12.6. The maximum absolute atomic E-state index is 12.1. The average molecular weight is 295 g/mol. The highest BCUT2D eigenvalue weighted by atomic mass is 16.6. The lowest BCUT2D eigenvalue weighted by molar-refractivity contribution is -0.140. The van der Waals surface area contributed by atoms with Gasteiger partial charge in [-0.15, -0.1) is 0 Å². The van der Waals surface area contributed by atoms with Crippen LogP contribution in [0.15, 0.2) is 23.5 Å². The predicted octanol–water partition coefficient (Wildman–Crippen LogP) is 2.17. The van der Waals surface area contributed by atoms with Crippen LogP contribution in [0, 0.1) is 5.92 Å². The standard InChI is InChI=1S/C15H21NO5/c1-15(2,3)21-14(19)16-6-7-20-12-8-10(13(17)18)4-5-11(12)9-16/h4-5,10H,6-9H2,1-3H3,(H,17,18)/t10-/m1/s1. The van der Waals surface area contributed by atoms with Crippen molar-refractivity contribution in [2.24, 2.45) is 5.92 Å². The zero-order valence-electron chi connectivity index (χ0n) is 12.6. The number of rotatable bonds is 1. The van der Waals surface area contributed by atoms with Gasteiger partial charge < -0.3 is 19.5 Å². The van der Waals surface area contributed by atoms with Gasteiger partial charge in [0, 0.05) is 12.0 Å². The maximum atomic E-state index is 12.1. The molecular formula is C15H21NO5. The monoisotopic (exact) mass is 295 g/mol. The Morgan fingerprint density at radius 3 is 2.76 bits per heavy atom. The second kappa shape index (κ2) is 5.79. The van der Waals surface area contributed by atoms with Crippen LogP contribution in [0.2, 0.25) is 0 Å². The van der Waals surface area contributed by atoms with Crippen LogP contribution in [-0.4, -0.2) is 47.4 Å². The summed E-state index contributed by atoms with van der Waals surface area (Å²) in [4.78, 5) is 24.7. The van der Waals surface area contributed by atoms with Crippen LogP contribution in [-0.2, 0) is 14.3 Å². The van der Waals surface area contributed by atoms with Crippen LogP contribution in [0.5, 0.6) is 0 Å². The number of hydrogen-bond acceptors (Lipinski definition) is 4. The molecule has 0 saturated carbocycles. The molecule has 1 aliphatic heterocycles. The number of carbonyl (C=O) groups excluding carboxylic acids is 1. The molecule has 0 bridgehead atoms. The molecule has 6 heteroatoms. The van der Waals surface area contributed by atoms with Crippen molar-refractivity contribution in [1.29, 1.82) is 0 Å². The quantitative estimate of drug-likeness (QED) is 0.802. The summed E-state index contributed by atoms with van der Waals surface area (Å²) >= 11 is 0. The van der Waals surface area contributed by atoms with E-state index in [0.717, 1.165) is 5.57 Å². The highest BCUT2D eigenvalue weighted by Gasteiger charge is 2.29. The summed E-state index contributed by atoms with van der Waals surface area (Å²) in [5.41, 5.74) is 0.300. The number of ether oxygens (including phenoxy) is 2. The third kappa shape index (κ3) is 4.00. The average Bonchev–Trinajstić information content (AvgIpc) is 2.57. The summed E-state index contributed by atoms with van der Waals surface area (Å²) in [5.74, 6) is -0.762. The fourth-order valence-electron chi connectivity index (χ4n) is 2.23. The molecule has 2 rings (SSSR count). The molecule has 0 unspecified atom stereocenters. The highest BCUT2D eigenvalue weighted by Crippen LogP contribution is 2.27. The normalized spacial score (nSPS) is 22.2. The number of allylic oxidation sites excluding steroid dienone is 1. The molecule has 1 aliphatic carbocycles. The Kier molecular flexibility index (Phi) is 4.25. The maximum Gasteiger partial charge on any atom is 0.410 e. The molecule has 1 atom stereocenters. The lowest BCUT2D eigenvalue weighted by Gasteiger charge is -2.26. The van der Waals surface area contributed by atoms with E-state index in [4.69, 9.17) is 14.6 Å². The summed E-state index contributed by atoms with van der Waals surface area (Å²) in [6, 6.07) is 0. The van der Waals surface area contributed by atoms with E-state index in [-0.39, 0.29) is 6.09 Å². The smallest absolute Gasteiger partial charge is 0.410 e. The molecule has 21 heavy (non-hydrogen) atoms. The van der Waals surface area contributed by atoms with Gasteiger partial charge in [0.2, 0.25) is 0 Å². The van der Waals surface area contributed by atoms with Gasteiger partial charge in [0.15, 0.2) is 0 Å². The molecule has 0 spiro atoms. The zero-order chi connectivity index (χ0) is 15.6.